The molecule has 0 unspecified atom stereocenters. The second kappa shape index (κ2) is 4.45. The Morgan fingerprint density at radius 3 is 2.40 bits per heavy atom. The summed E-state index contributed by atoms with van der Waals surface area (Å²) < 4.78 is 24.7. The SMILES string of the molecule is CC(C)(N)Cc1ccc(C(F)F)cc1Cl. The molecule has 0 atom stereocenters. The third-order valence-electron chi connectivity index (χ3n) is 1.98. The molecule has 0 amide bonds. The van der Waals surface area contributed by atoms with Crippen molar-refractivity contribution >= 4 is 11.6 Å². The van der Waals surface area contributed by atoms with Crippen LogP contribution in [0.5, 0.6) is 0 Å². The van der Waals surface area contributed by atoms with Gasteiger partial charge in [0.1, 0.15) is 0 Å². The van der Waals surface area contributed by atoms with Gasteiger partial charge in [0.15, 0.2) is 0 Å². The highest BCUT2D eigenvalue weighted by Gasteiger charge is 2.15. The van der Waals surface area contributed by atoms with E-state index in [2.05, 4.69) is 0 Å². The molecule has 0 saturated heterocycles. The Balaban J connectivity index is 2.94. The van der Waals surface area contributed by atoms with Crippen LogP contribution in [0.2, 0.25) is 5.02 Å². The van der Waals surface area contributed by atoms with Crippen LogP contribution < -0.4 is 5.73 Å². The predicted molar refractivity (Wildman–Crippen MR) is 58.4 cm³/mol. The first kappa shape index (κ1) is 12.4. The number of alkyl halides is 2. The van der Waals surface area contributed by atoms with Crippen molar-refractivity contribution in [3.8, 4) is 0 Å². The summed E-state index contributed by atoms with van der Waals surface area (Å²) in [5.74, 6) is 0. The Bertz CT molecular complexity index is 345. The Kier molecular flexibility index (Phi) is 3.68. The summed E-state index contributed by atoms with van der Waals surface area (Å²) in [6.45, 7) is 3.73. The van der Waals surface area contributed by atoms with E-state index in [0.29, 0.717) is 11.4 Å². The zero-order chi connectivity index (χ0) is 11.6. The number of hydrogen-bond donors (Lipinski definition) is 1. The molecule has 84 valence electrons. The Hall–Kier alpha value is -0.670. The number of benzene rings is 1. The number of rotatable bonds is 3. The zero-order valence-electron chi connectivity index (χ0n) is 8.73. The van der Waals surface area contributed by atoms with Crippen LogP contribution >= 0.6 is 11.6 Å². The highest BCUT2D eigenvalue weighted by Crippen LogP contribution is 2.26. The summed E-state index contributed by atoms with van der Waals surface area (Å²) in [7, 11) is 0. The highest BCUT2D eigenvalue weighted by molar-refractivity contribution is 6.31. The summed E-state index contributed by atoms with van der Waals surface area (Å²) in [4.78, 5) is 0. The van der Waals surface area contributed by atoms with Gasteiger partial charge in [-0.25, -0.2) is 8.78 Å². The summed E-state index contributed by atoms with van der Waals surface area (Å²) >= 11 is 5.89. The van der Waals surface area contributed by atoms with Crippen LogP contribution in [0.3, 0.4) is 0 Å². The molecule has 4 heteroatoms. The lowest BCUT2D eigenvalue weighted by Gasteiger charge is -2.19. The lowest BCUT2D eigenvalue weighted by molar-refractivity contribution is 0.151. The summed E-state index contributed by atoms with van der Waals surface area (Å²) in [6.07, 6.45) is -1.92. The smallest absolute Gasteiger partial charge is 0.263 e. The molecule has 0 aliphatic rings. The van der Waals surface area contributed by atoms with Gasteiger partial charge in [0.05, 0.1) is 0 Å². The molecule has 0 aromatic heterocycles. The molecular weight excluding hydrogens is 220 g/mol. The first-order chi connectivity index (χ1) is 6.79. The van der Waals surface area contributed by atoms with Gasteiger partial charge in [-0.1, -0.05) is 23.7 Å². The fourth-order valence-corrected chi connectivity index (χ4v) is 1.59. The lowest BCUT2D eigenvalue weighted by atomic mass is 9.95. The maximum Gasteiger partial charge on any atom is 0.263 e. The van der Waals surface area contributed by atoms with Crippen LogP contribution in [0.25, 0.3) is 0 Å². The van der Waals surface area contributed by atoms with Crippen molar-refractivity contribution in [1.82, 2.24) is 0 Å². The maximum absolute atomic E-state index is 12.3. The standard InChI is InChI=1S/C11H14ClF2N/c1-11(2,15)6-8-4-3-7(10(13)14)5-9(8)12/h3-5,10H,6,15H2,1-2H3. The van der Waals surface area contributed by atoms with Crippen molar-refractivity contribution in [3.05, 3.63) is 34.3 Å². The third kappa shape index (κ3) is 3.76. The molecule has 0 heterocycles. The van der Waals surface area contributed by atoms with Crippen molar-refractivity contribution < 1.29 is 8.78 Å². The molecule has 0 aliphatic carbocycles. The van der Waals surface area contributed by atoms with E-state index in [1.54, 1.807) is 6.07 Å². The second-order valence-electron chi connectivity index (χ2n) is 4.32. The maximum atomic E-state index is 12.3. The largest absolute Gasteiger partial charge is 0.325 e. The summed E-state index contributed by atoms with van der Waals surface area (Å²) in [5, 5.41) is 0.353. The van der Waals surface area contributed by atoms with Gasteiger partial charge in [-0.2, -0.15) is 0 Å². The summed E-state index contributed by atoms with van der Waals surface area (Å²) in [5.41, 5.74) is 6.18. The first-order valence-corrected chi connectivity index (χ1v) is 5.03. The van der Waals surface area contributed by atoms with Crippen LogP contribution in [-0.4, -0.2) is 5.54 Å². The van der Waals surface area contributed by atoms with Crippen LogP contribution in [0.4, 0.5) is 8.78 Å². The van der Waals surface area contributed by atoms with Crippen molar-refractivity contribution in [1.29, 1.82) is 0 Å². The quantitative estimate of drug-likeness (QED) is 0.849. The summed E-state index contributed by atoms with van der Waals surface area (Å²) in [6, 6.07) is 4.29. The van der Waals surface area contributed by atoms with E-state index < -0.39 is 12.0 Å². The van der Waals surface area contributed by atoms with E-state index >= 15 is 0 Å². The zero-order valence-corrected chi connectivity index (χ0v) is 9.48. The molecule has 0 bridgehead atoms. The van der Waals surface area contributed by atoms with E-state index in [4.69, 9.17) is 17.3 Å². The van der Waals surface area contributed by atoms with Gasteiger partial charge in [-0.05, 0) is 31.9 Å². The minimum absolute atomic E-state index is 0.0569. The van der Waals surface area contributed by atoms with Gasteiger partial charge < -0.3 is 5.73 Å². The third-order valence-corrected chi connectivity index (χ3v) is 2.33. The van der Waals surface area contributed by atoms with Crippen LogP contribution in [0, 0.1) is 0 Å². The topological polar surface area (TPSA) is 26.0 Å². The average molecular weight is 234 g/mol. The van der Waals surface area contributed by atoms with Crippen molar-refractivity contribution in [3.63, 3.8) is 0 Å². The predicted octanol–water partition coefficient (Wildman–Crippen LogP) is 3.56. The first-order valence-electron chi connectivity index (χ1n) is 4.65. The van der Waals surface area contributed by atoms with Gasteiger partial charge in [0, 0.05) is 16.1 Å². The van der Waals surface area contributed by atoms with E-state index in [0.717, 1.165) is 5.56 Å². The molecule has 0 aliphatic heterocycles. The van der Waals surface area contributed by atoms with Gasteiger partial charge >= 0.3 is 0 Å². The average Bonchev–Trinajstić information content (AvgIpc) is 2.05. The normalized spacial score (nSPS) is 12.2. The van der Waals surface area contributed by atoms with Crippen LogP contribution in [0.15, 0.2) is 18.2 Å². The molecular formula is C11H14ClF2N. The lowest BCUT2D eigenvalue weighted by Crippen LogP contribution is -2.34. The van der Waals surface area contributed by atoms with Crippen LogP contribution in [-0.2, 0) is 6.42 Å². The fraction of sp³-hybridized carbons (Fsp3) is 0.455. The van der Waals surface area contributed by atoms with E-state index in [1.807, 2.05) is 13.8 Å². The van der Waals surface area contributed by atoms with Gasteiger partial charge in [0.25, 0.3) is 6.43 Å². The van der Waals surface area contributed by atoms with Crippen molar-refractivity contribution in [2.45, 2.75) is 32.2 Å². The molecule has 2 N–H and O–H groups in total. The van der Waals surface area contributed by atoms with Gasteiger partial charge in [0.2, 0.25) is 0 Å². The number of halogens is 3. The molecule has 1 aromatic carbocycles. The molecule has 0 radical (unpaired) electrons. The molecule has 1 aromatic rings. The van der Waals surface area contributed by atoms with E-state index in [9.17, 15) is 8.78 Å². The van der Waals surface area contributed by atoms with E-state index in [-0.39, 0.29) is 5.56 Å². The minimum Gasteiger partial charge on any atom is -0.325 e. The Morgan fingerprint density at radius 2 is 2.00 bits per heavy atom. The molecule has 15 heavy (non-hydrogen) atoms. The van der Waals surface area contributed by atoms with E-state index in [1.165, 1.54) is 12.1 Å². The second-order valence-corrected chi connectivity index (χ2v) is 4.72. The molecule has 0 fully saturated rings. The minimum atomic E-state index is -2.48. The highest BCUT2D eigenvalue weighted by atomic mass is 35.5. The number of hydrogen-bond acceptors (Lipinski definition) is 1. The fourth-order valence-electron chi connectivity index (χ4n) is 1.33. The molecule has 0 spiro atoms. The van der Waals surface area contributed by atoms with Gasteiger partial charge in [-0.15, -0.1) is 0 Å². The Labute approximate surface area is 93.2 Å². The monoisotopic (exact) mass is 233 g/mol. The van der Waals surface area contributed by atoms with Crippen molar-refractivity contribution in [2.75, 3.05) is 0 Å². The Morgan fingerprint density at radius 1 is 1.40 bits per heavy atom. The number of nitrogens with two attached hydrogens (primary N) is 1. The molecule has 0 saturated carbocycles. The van der Waals surface area contributed by atoms with Crippen LogP contribution in [0.1, 0.15) is 31.4 Å². The molecule has 1 rings (SSSR count). The van der Waals surface area contributed by atoms with Gasteiger partial charge in [-0.3, -0.25) is 0 Å². The molecule has 1 nitrogen and oxygen atoms in total. The van der Waals surface area contributed by atoms with Crippen molar-refractivity contribution in [2.24, 2.45) is 5.73 Å².